The summed E-state index contributed by atoms with van der Waals surface area (Å²) in [4.78, 5) is 13.2. The zero-order chi connectivity index (χ0) is 12.8. The molecular formula is C13H20N2O2. The Morgan fingerprint density at radius 3 is 2.71 bits per heavy atom. The van der Waals surface area contributed by atoms with Gasteiger partial charge < -0.3 is 15.7 Å². The lowest BCUT2D eigenvalue weighted by atomic mass is 10.1. The first-order valence-electron chi connectivity index (χ1n) is 5.72. The van der Waals surface area contributed by atoms with E-state index in [1.165, 1.54) is 11.1 Å². The number of aliphatic hydroxyl groups excluding tert-OH is 1. The van der Waals surface area contributed by atoms with Gasteiger partial charge in [0, 0.05) is 13.6 Å². The third kappa shape index (κ3) is 3.84. The highest BCUT2D eigenvalue weighted by Gasteiger charge is 2.16. The number of amides is 1. The lowest BCUT2D eigenvalue weighted by Gasteiger charge is -2.20. The van der Waals surface area contributed by atoms with Crippen molar-refractivity contribution in [1.29, 1.82) is 0 Å². The number of aryl methyl sites for hydroxylation is 1. The normalized spacial score (nSPS) is 12.2. The van der Waals surface area contributed by atoms with Gasteiger partial charge >= 0.3 is 0 Å². The molecule has 1 aromatic rings. The highest BCUT2D eigenvalue weighted by molar-refractivity contribution is 5.81. The van der Waals surface area contributed by atoms with Crippen LogP contribution in [-0.2, 0) is 11.2 Å². The van der Waals surface area contributed by atoms with Gasteiger partial charge in [-0.2, -0.15) is 0 Å². The molecule has 0 bridgehead atoms. The van der Waals surface area contributed by atoms with Crippen LogP contribution in [0.3, 0.4) is 0 Å². The molecule has 0 fully saturated rings. The molecule has 0 aliphatic carbocycles. The molecule has 1 aromatic carbocycles. The second kappa shape index (κ2) is 6.37. The number of nitrogens with two attached hydrogens (primary N) is 1. The second-order valence-electron chi connectivity index (χ2n) is 4.23. The number of rotatable bonds is 5. The number of carbonyl (C=O) groups is 1. The Bertz CT molecular complexity index is 379. The topological polar surface area (TPSA) is 66.6 Å². The number of hydrogen-bond donors (Lipinski definition) is 2. The molecule has 1 rings (SSSR count). The molecule has 4 heteroatoms. The Labute approximate surface area is 102 Å². The molecule has 0 aliphatic heterocycles. The third-order valence-corrected chi connectivity index (χ3v) is 2.87. The van der Waals surface area contributed by atoms with Crippen molar-refractivity contribution in [3.05, 3.63) is 35.4 Å². The first-order chi connectivity index (χ1) is 8.06. The molecule has 94 valence electrons. The molecule has 0 saturated heterocycles. The number of carbonyl (C=O) groups excluding carboxylic acids is 1. The van der Waals surface area contributed by atoms with E-state index in [-0.39, 0.29) is 12.5 Å². The Balaban J connectivity index is 2.51. The van der Waals surface area contributed by atoms with Gasteiger partial charge in [-0.1, -0.05) is 24.3 Å². The SMILES string of the molecule is Cc1ccccc1CCN(C)C(=O)C(N)CO. The van der Waals surface area contributed by atoms with Gasteiger partial charge in [0.1, 0.15) is 6.04 Å². The van der Waals surface area contributed by atoms with Crippen LogP contribution in [0.1, 0.15) is 11.1 Å². The minimum atomic E-state index is -0.808. The van der Waals surface area contributed by atoms with Gasteiger partial charge in [-0.15, -0.1) is 0 Å². The van der Waals surface area contributed by atoms with E-state index >= 15 is 0 Å². The van der Waals surface area contributed by atoms with Crippen molar-refractivity contribution in [3.8, 4) is 0 Å². The molecule has 0 aromatic heterocycles. The fraction of sp³-hybridized carbons (Fsp3) is 0.462. The predicted octanol–water partition coefficient (Wildman–Crippen LogP) is 0.316. The van der Waals surface area contributed by atoms with Crippen LogP contribution < -0.4 is 5.73 Å². The van der Waals surface area contributed by atoms with Gasteiger partial charge in [-0.3, -0.25) is 4.79 Å². The monoisotopic (exact) mass is 236 g/mol. The van der Waals surface area contributed by atoms with Crippen molar-refractivity contribution in [3.63, 3.8) is 0 Å². The fourth-order valence-corrected chi connectivity index (χ4v) is 1.65. The highest BCUT2D eigenvalue weighted by Crippen LogP contribution is 2.08. The molecular weight excluding hydrogens is 216 g/mol. The molecule has 0 saturated carbocycles. The first kappa shape index (κ1) is 13.7. The van der Waals surface area contributed by atoms with Gasteiger partial charge in [-0.05, 0) is 24.5 Å². The van der Waals surface area contributed by atoms with Crippen LogP contribution in [0.4, 0.5) is 0 Å². The molecule has 1 atom stereocenters. The predicted molar refractivity (Wildman–Crippen MR) is 67.6 cm³/mol. The molecule has 0 heterocycles. The van der Waals surface area contributed by atoms with Crippen LogP contribution >= 0.6 is 0 Å². The summed E-state index contributed by atoms with van der Waals surface area (Å²) in [5.41, 5.74) is 7.92. The zero-order valence-electron chi connectivity index (χ0n) is 10.4. The summed E-state index contributed by atoms with van der Waals surface area (Å²) in [6.07, 6.45) is 0.799. The minimum absolute atomic E-state index is 0.221. The third-order valence-electron chi connectivity index (χ3n) is 2.87. The largest absolute Gasteiger partial charge is 0.394 e. The molecule has 1 amide bonds. The standard InChI is InChI=1S/C13H20N2O2/c1-10-5-3-4-6-11(10)7-8-15(2)13(17)12(14)9-16/h3-6,12,16H,7-9,14H2,1-2H3. The molecule has 0 radical (unpaired) electrons. The summed E-state index contributed by atoms with van der Waals surface area (Å²) in [5, 5.41) is 8.81. The quantitative estimate of drug-likeness (QED) is 0.773. The number of aliphatic hydroxyl groups is 1. The van der Waals surface area contributed by atoms with Gasteiger partial charge in [0.2, 0.25) is 5.91 Å². The van der Waals surface area contributed by atoms with Crippen LogP contribution in [0.5, 0.6) is 0 Å². The maximum atomic E-state index is 11.6. The van der Waals surface area contributed by atoms with Crippen LogP contribution in [0, 0.1) is 6.92 Å². The van der Waals surface area contributed by atoms with E-state index in [0.29, 0.717) is 6.54 Å². The Hall–Kier alpha value is -1.39. The maximum absolute atomic E-state index is 11.6. The lowest BCUT2D eigenvalue weighted by molar-refractivity contribution is -0.132. The van der Waals surface area contributed by atoms with Crippen molar-refractivity contribution in [2.75, 3.05) is 20.2 Å². The summed E-state index contributed by atoms with van der Waals surface area (Å²) in [5.74, 6) is -0.221. The van der Waals surface area contributed by atoms with Crippen molar-refractivity contribution in [1.82, 2.24) is 4.90 Å². The first-order valence-corrected chi connectivity index (χ1v) is 5.72. The maximum Gasteiger partial charge on any atom is 0.241 e. The van der Waals surface area contributed by atoms with Crippen LogP contribution in [0.15, 0.2) is 24.3 Å². The Kier molecular flexibility index (Phi) is 5.12. The summed E-state index contributed by atoms with van der Waals surface area (Å²) in [6.45, 7) is 2.35. The van der Waals surface area contributed by atoms with Crippen molar-refractivity contribution in [2.24, 2.45) is 5.73 Å². The van der Waals surface area contributed by atoms with Gasteiger partial charge in [0.15, 0.2) is 0 Å². The van der Waals surface area contributed by atoms with Gasteiger partial charge in [0.05, 0.1) is 6.61 Å². The highest BCUT2D eigenvalue weighted by atomic mass is 16.3. The molecule has 0 spiro atoms. The second-order valence-corrected chi connectivity index (χ2v) is 4.23. The Morgan fingerprint density at radius 2 is 2.12 bits per heavy atom. The van der Waals surface area contributed by atoms with E-state index < -0.39 is 6.04 Å². The number of likely N-dealkylation sites (N-methyl/N-ethyl adjacent to an activating group) is 1. The molecule has 0 aliphatic rings. The van der Waals surface area contributed by atoms with E-state index in [1.54, 1.807) is 11.9 Å². The van der Waals surface area contributed by atoms with E-state index in [2.05, 4.69) is 19.1 Å². The molecule has 17 heavy (non-hydrogen) atoms. The minimum Gasteiger partial charge on any atom is -0.394 e. The fourth-order valence-electron chi connectivity index (χ4n) is 1.65. The summed E-state index contributed by atoms with van der Waals surface area (Å²) < 4.78 is 0. The molecule has 3 N–H and O–H groups in total. The average Bonchev–Trinajstić information content (AvgIpc) is 2.35. The van der Waals surface area contributed by atoms with Crippen molar-refractivity contribution >= 4 is 5.91 Å². The Morgan fingerprint density at radius 1 is 1.47 bits per heavy atom. The summed E-state index contributed by atoms with van der Waals surface area (Å²) in [6, 6.07) is 7.28. The van der Waals surface area contributed by atoms with E-state index in [1.807, 2.05) is 12.1 Å². The van der Waals surface area contributed by atoms with Crippen LogP contribution in [-0.4, -0.2) is 42.2 Å². The van der Waals surface area contributed by atoms with E-state index in [4.69, 9.17) is 10.8 Å². The average molecular weight is 236 g/mol. The molecule has 1 unspecified atom stereocenters. The number of hydrogen-bond acceptors (Lipinski definition) is 3. The van der Waals surface area contributed by atoms with Crippen molar-refractivity contribution in [2.45, 2.75) is 19.4 Å². The lowest BCUT2D eigenvalue weighted by Crippen LogP contribution is -2.44. The van der Waals surface area contributed by atoms with Gasteiger partial charge in [0.25, 0.3) is 0 Å². The number of benzene rings is 1. The smallest absolute Gasteiger partial charge is 0.241 e. The van der Waals surface area contributed by atoms with Crippen molar-refractivity contribution < 1.29 is 9.90 Å². The number of nitrogens with zero attached hydrogens (tertiary/aromatic N) is 1. The van der Waals surface area contributed by atoms with Crippen LogP contribution in [0.25, 0.3) is 0 Å². The van der Waals surface area contributed by atoms with Gasteiger partial charge in [-0.25, -0.2) is 0 Å². The van der Waals surface area contributed by atoms with Crippen LogP contribution in [0.2, 0.25) is 0 Å². The molecule has 4 nitrogen and oxygen atoms in total. The van der Waals surface area contributed by atoms with E-state index in [9.17, 15) is 4.79 Å². The zero-order valence-corrected chi connectivity index (χ0v) is 10.4. The summed E-state index contributed by atoms with van der Waals surface area (Å²) in [7, 11) is 1.70. The van der Waals surface area contributed by atoms with E-state index in [0.717, 1.165) is 6.42 Å². The summed E-state index contributed by atoms with van der Waals surface area (Å²) >= 11 is 0.